The summed E-state index contributed by atoms with van der Waals surface area (Å²) in [5.74, 6) is 0.0101. The number of aromatic hydroxyl groups is 1. The Kier molecular flexibility index (Phi) is 9.18. The van der Waals surface area contributed by atoms with Gasteiger partial charge in [-0.3, -0.25) is 4.79 Å². The Hall–Kier alpha value is -3.16. The fraction of sp³-hybridized carbons (Fsp3) is 0.375. The second kappa shape index (κ2) is 10.9. The number of rotatable bonds is 2. The smallest absolute Gasteiger partial charge is 0.508 e. The van der Waals surface area contributed by atoms with Gasteiger partial charge in [0.15, 0.2) is 5.78 Å². The molecule has 0 spiro atoms. The van der Waals surface area contributed by atoms with Crippen molar-refractivity contribution in [3.05, 3.63) is 59.5 Å². The number of benzene rings is 2. The standard InChI is InChI=1S/C12H16O2.C10H7F3N2O.C2H6/c1-8(13)9-5-6-11(14)10(7-9)12(2,3)4;1-6-8-4-7(16-10(11,12)13)2-3-9(8)15-5-14-6;1-2/h5-7,14H,1-4H3;2-5H,1H3;1-2H3. The third-order valence-electron chi connectivity index (χ3n) is 4.25. The predicted octanol–water partition coefficient (Wildman–Crippen LogP) is 6.76. The van der Waals surface area contributed by atoms with Gasteiger partial charge in [0.2, 0.25) is 0 Å². The van der Waals surface area contributed by atoms with E-state index in [0.29, 0.717) is 22.2 Å². The van der Waals surface area contributed by atoms with Crippen LogP contribution in [0.1, 0.15) is 63.2 Å². The van der Waals surface area contributed by atoms with E-state index in [1.807, 2.05) is 34.6 Å². The Bertz CT molecular complexity index is 1060. The summed E-state index contributed by atoms with van der Waals surface area (Å²) >= 11 is 0. The molecular weight excluding hydrogens is 421 g/mol. The van der Waals surface area contributed by atoms with Crippen LogP contribution in [0.5, 0.6) is 11.5 Å². The van der Waals surface area contributed by atoms with Crippen molar-refractivity contribution in [3.8, 4) is 11.5 Å². The van der Waals surface area contributed by atoms with Crippen molar-refractivity contribution in [2.45, 2.75) is 60.2 Å². The van der Waals surface area contributed by atoms with Crippen molar-refractivity contribution < 1.29 is 27.8 Å². The summed E-state index contributed by atoms with van der Waals surface area (Å²) < 4.78 is 39.8. The number of hydrogen-bond donors (Lipinski definition) is 1. The number of aromatic nitrogens is 2. The maximum atomic E-state index is 12.0. The molecule has 0 bridgehead atoms. The number of carbonyl (C=O) groups is 1. The maximum absolute atomic E-state index is 12.0. The molecule has 0 atom stereocenters. The first kappa shape index (κ1) is 26.9. The first-order valence-corrected chi connectivity index (χ1v) is 10.1. The molecule has 0 unspecified atom stereocenters. The normalized spacial score (nSPS) is 11.1. The molecule has 3 aromatic rings. The van der Waals surface area contributed by atoms with Crippen LogP contribution >= 0.6 is 0 Å². The van der Waals surface area contributed by atoms with Gasteiger partial charge in [0, 0.05) is 16.6 Å². The van der Waals surface area contributed by atoms with Crippen molar-refractivity contribution in [1.82, 2.24) is 9.97 Å². The van der Waals surface area contributed by atoms with E-state index in [0.717, 1.165) is 5.56 Å². The largest absolute Gasteiger partial charge is 0.573 e. The van der Waals surface area contributed by atoms with Gasteiger partial charge in [0.25, 0.3) is 0 Å². The minimum Gasteiger partial charge on any atom is -0.508 e. The summed E-state index contributed by atoms with van der Waals surface area (Å²) in [7, 11) is 0. The molecule has 0 aliphatic carbocycles. The molecule has 32 heavy (non-hydrogen) atoms. The molecule has 2 aromatic carbocycles. The van der Waals surface area contributed by atoms with E-state index in [-0.39, 0.29) is 22.7 Å². The van der Waals surface area contributed by atoms with Crippen LogP contribution in [-0.2, 0) is 5.41 Å². The summed E-state index contributed by atoms with van der Waals surface area (Å²) in [6.07, 6.45) is -3.32. The van der Waals surface area contributed by atoms with Gasteiger partial charge in [0.05, 0.1) is 5.52 Å². The molecule has 0 saturated carbocycles. The number of nitrogens with zero attached hydrogens (tertiary/aromatic N) is 2. The highest BCUT2D eigenvalue weighted by Crippen LogP contribution is 2.31. The monoisotopic (exact) mass is 450 g/mol. The van der Waals surface area contributed by atoms with Crippen LogP contribution < -0.4 is 4.74 Å². The average Bonchev–Trinajstić information content (AvgIpc) is 2.69. The minimum atomic E-state index is -4.68. The van der Waals surface area contributed by atoms with E-state index >= 15 is 0 Å². The zero-order valence-electron chi connectivity index (χ0n) is 19.3. The van der Waals surface area contributed by atoms with Crippen molar-refractivity contribution in [1.29, 1.82) is 0 Å². The molecule has 1 heterocycles. The SMILES string of the molecule is CC.CC(=O)c1ccc(O)c(C(C)(C)C)c1.Cc1ncnc2ccc(OC(F)(F)F)cc12. The zero-order chi connectivity index (χ0) is 24.7. The summed E-state index contributed by atoms with van der Waals surface area (Å²) in [5.41, 5.74) is 2.51. The van der Waals surface area contributed by atoms with Crippen LogP contribution in [0.15, 0.2) is 42.7 Å². The molecule has 0 radical (unpaired) electrons. The van der Waals surface area contributed by atoms with E-state index in [2.05, 4.69) is 14.7 Å². The number of phenols is 1. The van der Waals surface area contributed by atoms with E-state index < -0.39 is 6.36 Å². The number of carbonyl (C=O) groups excluding carboxylic acids is 1. The average molecular weight is 451 g/mol. The highest BCUT2D eigenvalue weighted by Gasteiger charge is 2.31. The van der Waals surface area contributed by atoms with Gasteiger partial charge in [0.1, 0.15) is 17.8 Å². The van der Waals surface area contributed by atoms with Crippen LogP contribution in [0.3, 0.4) is 0 Å². The Labute approximate surface area is 186 Å². The summed E-state index contributed by atoms with van der Waals surface area (Å²) in [6.45, 7) is 13.2. The molecule has 1 aromatic heterocycles. The van der Waals surface area contributed by atoms with Crippen LogP contribution in [0.25, 0.3) is 10.9 Å². The van der Waals surface area contributed by atoms with E-state index in [4.69, 9.17) is 0 Å². The number of alkyl halides is 3. The Balaban J connectivity index is 0.000000300. The first-order valence-electron chi connectivity index (χ1n) is 10.1. The first-order chi connectivity index (χ1) is 14.8. The lowest BCUT2D eigenvalue weighted by Crippen LogP contribution is -2.17. The molecule has 0 aliphatic rings. The highest BCUT2D eigenvalue weighted by atomic mass is 19.4. The fourth-order valence-electron chi connectivity index (χ4n) is 2.72. The molecule has 1 N–H and O–H groups in total. The van der Waals surface area contributed by atoms with Gasteiger partial charge in [-0.1, -0.05) is 34.6 Å². The van der Waals surface area contributed by atoms with Gasteiger partial charge >= 0.3 is 6.36 Å². The molecule has 0 fully saturated rings. The maximum Gasteiger partial charge on any atom is 0.573 e. The second-order valence-electron chi connectivity index (χ2n) is 7.72. The quantitative estimate of drug-likeness (QED) is 0.437. The number of Topliss-reactive ketones (excluding diaryl/α,β-unsaturated/α-hetero) is 1. The lowest BCUT2D eigenvalue weighted by Gasteiger charge is -2.20. The number of hydrogen-bond acceptors (Lipinski definition) is 5. The van der Waals surface area contributed by atoms with E-state index in [9.17, 15) is 23.1 Å². The lowest BCUT2D eigenvalue weighted by molar-refractivity contribution is -0.274. The van der Waals surface area contributed by atoms with Crippen molar-refractivity contribution in [2.24, 2.45) is 0 Å². The van der Waals surface area contributed by atoms with Gasteiger partial charge in [-0.15, -0.1) is 13.2 Å². The summed E-state index contributed by atoms with van der Waals surface area (Å²) in [5, 5.41) is 10.2. The third-order valence-corrected chi connectivity index (χ3v) is 4.25. The number of phenolic OH excluding ortho intramolecular Hbond substituents is 1. The molecule has 0 saturated heterocycles. The Morgan fingerprint density at radius 2 is 1.62 bits per heavy atom. The van der Waals surface area contributed by atoms with Gasteiger partial charge in [-0.05, 0) is 61.2 Å². The second-order valence-corrected chi connectivity index (χ2v) is 7.72. The predicted molar refractivity (Wildman–Crippen MR) is 119 cm³/mol. The number of ether oxygens (including phenoxy) is 1. The topological polar surface area (TPSA) is 72.3 Å². The van der Waals surface area contributed by atoms with Crippen molar-refractivity contribution in [3.63, 3.8) is 0 Å². The fourth-order valence-corrected chi connectivity index (χ4v) is 2.72. The molecule has 0 amide bonds. The zero-order valence-corrected chi connectivity index (χ0v) is 19.3. The highest BCUT2D eigenvalue weighted by molar-refractivity contribution is 5.94. The van der Waals surface area contributed by atoms with Gasteiger partial charge < -0.3 is 9.84 Å². The molecule has 3 rings (SSSR count). The number of fused-ring (bicyclic) bond motifs is 1. The molecular formula is C24H29F3N2O3. The van der Waals surface area contributed by atoms with Crippen LogP contribution in [0, 0.1) is 6.92 Å². The van der Waals surface area contributed by atoms with Gasteiger partial charge in [-0.25, -0.2) is 9.97 Å². The number of ketones is 1. The molecule has 5 nitrogen and oxygen atoms in total. The number of halogens is 3. The van der Waals surface area contributed by atoms with Crippen LogP contribution in [0.2, 0.25) is 0 Å². The molecule has 8 heteroatoms. The van der Waals surface area contributed by atoms with Crippen LogP contribution in [0.4, 0.5) is 13.2 Å². The summed E-state index contributed by atoms with van der Waals surface area (Å²) in [6, 6.07) is 8.95. The molecule has 174 valence electrons. The van der Waals surface area contributed by atoms with Crippen molar-refractivity contribution in [2.75, 3.05) is 0 Å². The van der Waals surface area contributed by atoms with Crippen LogP contribution in [-0.4, -0.2) is 27.2 Å². The van der Waals surface area contributed by atoms with E-state index in [1.165, 1.54) is 31.5 Å². The van der Waals surface area contributed by atoms with Gasteiger partial charge in [-0.2, -0.15) is 0 Å². The number of aryl methyl sites for hydroxylation is 1. The minimum absolute atomic E-state index is 0.0236. The van der Waals surface area contributed by atoms with E-state index in [1.54, 1.807) is 25.1 Å². The summed E-state index contributed by atoms with van der Waals surface area (Å²) in [4.78, 5) is 19.0. The van der Waals surface area contributed by atoms with Crippen molar-refractivity contribution >= 4 is 16.7 Å². The Morgan fingerprint density at radius 3 is 2.16 bits per heavy atom. The molecule has 0 aliphatic heterocycles. The Morgan fingerprint density at radius 1 is 1.00 bits per heavy atom. The third kappa shape index (κ3) is 7.83. The lowest BCUT2D eigenvalue weighted by atomic mass is 9.85.